The smallest absolute Gasteiger partial charge is 0.251 e. The molecule has 1 aromatic heterocycles. The highest BCUT2D eigenvalue weighted by atomic mass is 32.1. The van der Waals surface area contributed by atoms with Gasteiger partial charge < -0.3 is 10.4 Å². The second kappa shape index (κ2) is 7.51. The number of aliphatic hydroxyl groups is 1. The number of hydrogen-bond donors (Lipinski definition) is 2. The molecule has 0 bridgehead atoms. The zero-order valence-corrected chi connectivity index (χ0v) is 14.0. The van der Waals surface area contributed by atoms with Gasteiger partial charge in [0.2, 0.25) is 0 Å². The maximum Gasteiger partial charge on any atom is 0.251 e. The Hall–Kier alpha value is -1.72. The maximum atomic E-state index is 12.2. The maximum absolute atomic E-state index is 12.2. The third kappa shape index (κ3) is 4.39. The molecule has 2 rings (SSSR count). The van der Waals surface area contributed by atoms with E-state index in [0.717, 1.165) is 16.3 Å². The van der Waals surface area contributed by atoms with E-state index in [1.807, 2.05) is 44.4 Å². The van der Waals surface area contributed by atoms with E-state index < -0.39 is 0 Å². The van der Waals surface area contributed by atoms with E-state index in [4.69, 9.17) is 0 Å². The lowest BCUT2D eigenvalue weighted by atomic mass is 10.0. The van der Waals surface area contributed by atoms with E-state index in [-0.39, 0.29) is 17.9 Å². The van der Waals surface area contributed by atoms with E-state index in [2.05, 4.69) is 10.3 Å². The van der Waals surface area contributed by atoms with Gasteiger partial charge in [-0.25, -0.2) is 4.98 Å². The van der Waals surface area contributed by atoms with Crippen LogP contribution in [0.5, 0.6) is 0 Å². The molecule has 0 aliphatic heterocycles. The minimum atomic E-state index is -0.384. The first-order valence-electron chi connectivity index (χ1n) is 7.46. The first-order valence-corrected chi connectivity index (χ1v) is 8.34. The predicted octanol–water partition coefficient (Wildman–Crippen LogP) is 3.26. The summed E-state index contributed by atoms with van der Waals surface area (Å²) in [4.78, 5) is 16.6. The van der Waals surface area contributed by atoms with Gasteiger partial charge >= 0.3 is 0 Å². The molecule has 0 aliphatic rings. The average Bonchev–Trinajstić information content (AvgIpc) is 2.93. The fraction of sp³-hybridized carbons (Fsp3) is 0.412. The Morgan fingerprint density at radius 2 is 2.18 bits per heavy atom. The van der Waals surface area contributed by atoms with Crippen molar-refractivity contribution in [2.24, 2.45) is 5.92 Å². The van der Waals surface area contributed by atoms with Gasteiger partial charge in [-0.3, -0.25) is 4.79 Å². The van der Waals surface area contributed by atoms with Crippen LogP contribution < -0.4 is 5.32 Å². The molecule has 1 unspecified atom stereocenters. The molecule has 1 atom stereocenters. The van der Waals surface area contributed by atoms with Gasteiger partial charge in [0.15, 0.2) is 0 Å². The van der Waals surface area contributed by atoms with Gasteiger partial charge in [-0.2, -0.15) is 0 Å². The number of amides is 1. The van der Waals surface area contributed by atoms with Gasteiger partial charge in [-0.1, -0.05) is 26.0 Å². The number of carbonyl (C=O) groups is 1. The number of aromatic nitrogens is 1. The number of benzene rings is 1. The molecule has 0 radical (unpaired) electrons. The van der Waals surface area contributed by atoms with Gasteiger partial charge in [0.05, 0.1) is 6.10 Å². The number of aliphatic hydroxyl groups excluding tert-OH is 1. The first-order chi connectivity index (χ1) is 10.5. The molecule has 1 heterocycles. The van der Waals surface area contributed by atoms with Crippen LogP contribution in [0.15, 0.2) is 29.6 Å². The molecule has 4 nitrogen and oxygen atoms in total. The summed E-state index contributed by atoms with van der Waals surface area (Å²) in [5.41, 5.74) is 2.55. The van der Waals surface area contributed by atoms with Gasteiger partial charge in [-0.05, 0) is 31.4 Å². The Bertz CT molecular complexity index is 637. The standard InChI is InChI=1S/C17H22N2O2S/c1-11(2)15(20)7-8-18-16(21)13-5-4-6-14(9-13)17-19-12(3)10-22-17/h4-6,9-11,15,20H,7-8H2,1-3H3,(H,18,21). The molecular weight excluding hydrogens is 296 g/mol. The number of nitrogens with one attached hydrogen (secondary N) is 1. The Labute approximate surface area is 135 Å². The molecule has 0 spiro atoms. The lowest BCUT2D eigenvalue weighted by Crippen LogP contribution is -2.28. The summed E-state index contributed by atoms with van der Waals surface area (Å²) in [5, 5.41) is 15.5. The van der Waals surface area contributed by atoms with Crippen LogP contribution in [0, 0.1) is 12.8 Å². The van der Waals surface area contributed by atoms with Crippen molar-refractivity contribution in [3.05, 3.63) is 40.9 Å². The normalized spacial score (nSPS) is 12.4. The first kappa shape index (κ1) is 16.6. The molecular formula is C17H22N2O2S. The highest BCUT2D eigenvalue weighted by Gasteiger charge is 2.11. The zero-order valence-electron chi connectivity index (χ0n) is 13.2. The van der Waals surface area contributed by atoms with Crippen molar-refractivity contribution in [2.75, 3.05) is 6.54 Å². The van der Waals surface area contributed by atoms with Crippen LogP contribution in [0.4, 0.5) is 0 Å². The number of nitrogens with zero attached hydrogens (tertiary/aromatic N) is 1. The summed E-state index contributed by atoms with van der Waals surface area (Å²) in [6.07, 6.45) is 0.180. The molecule has 118 valence electrons. The molecule has 0 saturated heterocycles. The SMILES string of the molecule is Cc1csc(-c2cccc(C(=O)NCCC(O)C(C)C)c2)n1. The molecule has 5 heteroatoms. The van der Waals surface area contributed by atoms with Crippen LogP contribution in [0.1, 0.15) is 36.3 Å². The van der Waals surface area contributed by atoms with Crippen molar-refractivity contribution in [2.45, 2.75) is 33.3 Å². The number of rotatable bonds is 6. The van der Waals surface area contributed by atoms with Crippen molar-refractivity contribution < 1.29 is 9.90 Å². The highest BCUT2D eigenvalue weighted by molar-refractivity contribution is 7.13. The topological polar surface area (TPSA) is 62.2 Å². The van der Waals surface area contributed by atoms with Crippen molar-refractivity contribution in [3.63, 3.8) is 0 Å². The minimum Gasteiger partial charge on any atom is -0.393 e. The molecule has 1 amide bonds. The quantitative estimate of drug-likeness (QED) is 0.859. The summed E-state index contributed by atoms with van der Waals surface area (Å²) in [7, 11) is 0. The third-order valence-corrected chi connectivity index (χ3v) is 4.50. The van der Waals surface area contributed by atoms with Gasteiger partial charge in [0.25, 0.3) is 5.91 Å². The summed E-state index contributed by atoms with van der Waals surface area (Å²) in [6, 6.07) is 7.46. The van der Waals surface area contributed by atoms with Crippen molar-refractivity contribution in [1.82, 2.24) is 10.3 Å². The van der Waals surface area contributed by atoms with Crippen LogP contribution >= 0.6 is 11.3 Å². The van der Waals surface area contributed by atoms with Crippen molar-refractivity contribution in [3.8, 4) is 10.6 Å². The Balaban J connectivity index is 1.99. The molecule has 0 fully saturated rings. The zero-order chi connectivity index (χ0) is 16.1. The largest absolute Gasteiger partial charge is 0.393 e. The molecule has 0 saturated carbocycles. The molecule has 0 aliphatic carbocycles. The number of aryl methyl sites for hydroxylation is 1. The molecule has 1 aromatic carbocycles. The van der Waals surface area contributed by atoms with Crippen LogP contribution in [-0.2, 0) is 0 Å². The van der Waals surface area contributed by atoms with E-state index >= 15 is 0 Å². The van der Waals surface area contributed by atoms with Crippen molar-refractivity contribution in [1.29, 1.82) is 0 Å². The van der Waals surface area contributed by atoms with Crippen LogP contribution in [-0.4, -0.2) is 28.6 Å². The second-order valence-corrected chi connectivity index (χ2v) is 6.59. The van der Waals surface area contributed by atoms with Crippen LogP contribution in [0.3, 0.4) is 0 Å². The number of hydrogen-bond acceptors (Lipinski definition) is 4. The lowest BCUT2D eigenvalue weighted by Gasteiger charge is -2.14. The summed E-state index contributed by atoms with van der Waals surface area (Å²) in [5.74, 6) is 0.0828. The molecule has 22 heavy (non-hydrogen) atoms. The summed E-state index contributed by atoms with van der Waals surface area (Å²) < 4.78 is 0. The molecule has 2 N–H and O–H groups in total. The van der Waals surface area contributed by atoms with E-state index in [1.54, 1.807) is 17.4 Å². The van der Waals surface area contributed by atoms with Gasteiger partial charge in [0, 0.05) is 28.7 Å². The number of thiazole rings is 1. The predicted molar refractivity (Wildman–Crippen MR) is 90.1 cm³/mol. The van der Waals surface area contributed by atoms with E-state index in [1.165, 1.54) is 0 Å². The lowest BCUT2D eigenvalue weighted by molar-refractivity contribution is 0.0920. The Morgan fingerprint density at radius 3 is 2.82 bits per heavy atom. The molecule has 2 aromatic rings. The monoisotopic (exact) mass is 318 g/mol. The summed E-state index contributed by atoms with van der Waals surface area (Å²) >= 11 is 1.57. The average molecular weight is 318 g/mol. The van der Waals surface area contributed by atoms with Gasteiger partial charge in [-0.15, -0.1) is 11.3 Å². The fourth-order valence-corrected chi connectivity index (χ4v) is 2.84. The number of carbonyl (C=O) groups excluding carboxylic acids is 1. The highest BCUT2D eigenvalue weighted by Crippen LogP contribution is 2.24. The van der Waals surface area contributed by atoms with Crippen molar-refractivity contribution >= 4 is 17.2 Å². The Morgan fingerprint density at radius 1 is 1.41 bits per heavy atom. The Kier molecular flexibility index (Phi) is 5.69. The van der Waals surface area contributed by atoms with Crippen LogP contribution in [0.25, 0.3) is 10.6 Å². The third-order valence-electron chi connectivity index (χ3n) is 3.49. The summed E-state index contributed by atoms with van der Waals surface area (Å²) in [6.45, 7) is 6.35. The van der Waals surface area contributed by atoms with E-state index in [0.29, 0.717) is 18.5 Å². The van der Waals surface area contributed by atoms with Crippen LogP contribution in [0.2, 0.25) is 0 Å². The second-order valence-electron chi connectivity index (χ2n) is 5.73. The fourth-order valence-electron chi connectivity index (χ4n) is 2.05. The van der Waals surface area contributed by atoms with E-state index in [9.17, 15) is 9.90 Å². The van der Waals surface area contributed by atoms with Gasteiger partial charge in [0.1, 0.15) is 5.01 Å². The minimum absolute atomic E-state index is 0.119.